The molecule has 3 saturated heterocycles. The fourth-order valence-corrected chi connectivity index (χ4v) is 14.9. The first kappa shape index (κ1) is 65.8. The quantitative estimate of drug-likeness (QED) is 0.0235. The Hall–Kier alpha value is -8.72. The number of carbonyl (C=O) groups is 6. The number of hydrogen-bond donors (Lipinski definition) is 8. The van der Waals surface area contributed by atoms with Gasteiger partial charge in [-0.25, -0.2) is 9.78 Å². The highest BCUT2D eigenvalue weighted by molar-refractivity contribution is 7.13. The molecule has 4 aliphatic heterocycles. The minimum absolute atomic E-state index is 0.0417. The molecule has 26 heteroatoms. The van der Waals surface area contributed by atoms with Crippen molar-refractivity contribution in [2.45, 2.75) is 109 Å². The maximum absolute atomic E-state index is 14.3. The van der Waals surface area contributed by atoms with Crippen molar-refractivity contribution in [3.8, 4) is 33.3 Å². The fourth-order valence-electron chi connectivity index (χ4n) is 14.1. The number of nitrogens with two attached hydrogens (primary N) is 3. The van der Waals surface area contributed by atoms with Gasteiger partial charge in [0.05, 0.1) is 45.7 Å². The summed E-state index contributed by atoms with van der Waals surface area (Å²) in [5.74, 6) is -2.49. The van der Waals surface area contributed by atoms with Gasteiger partial charge in [-0.15, -0.1) is 21.5 Å². The standard InChI is InChI=1S/C67H85N15O10S/c1-39(2)58(63(86)82-36-48(83)30-54(82)62(85)74-40(3)44-13-15-45(16-14-44)59-41(4)73-38-93-59)56-32-57(78-92-56)90-29-28-79-24-20-42(21-25-79)34-80-26-27-81-47(35-80)33-72-60-53(81)31-52(76-77-60)50-8-5-6-10-55(50)91-37-43-11-17-46(18-12-43)75-61(84)49(9-7-23-71-66(70)89)51-19-22-67(51,64(68)87)65(69)88/h5-6,8,10-18,31-32,38-40,42,47-49,51,54,58,83H,7,9,19-30,33-37H2,1-4H3,(H2,68,87)(H2,69,88)(H,72,77)(H,74,85)(H,75,84)(H3,70,71,89)/t40-,47-,48+,49-,51?,54-,58+/m0/s1. The molecule has 11 N–H and O–H groups in total. The van der Waals surface area contributed by atoms with E-state index in [2.05, 4.69) is 62.4 Å². The molecule has 0 spiro atoms. The van der Waals surface area contributed by atoms with Crippen LogP contribution in [-0.4, -0.2) is 166 Å². The molecule has 5 aliphatic rings. The van der Waals surface area contributed by atoms with Gasteiger partial charge in [-0.05, 0) is 135 Å². The van der Waals surface area contributed by atoms with Gasteiger partial charge >= 0.3 is 6.03 Å². The highest BCUT2D eigenvalue weighted by Crippen LogP contribution is 2.52. The van der Waals surface area contributed by atoms with Gasteiger partial charge < -0.3 is 67.4 Å². The zero-order chi connectivity index (χ0) is 65.5. The van der Waals surface area contributed by atoms with E-state index >= 15 is 0 Å². The van der Waals surface area contributed by atoms with Gasteiger partial charge in [0.1, 0.15) is 36.3 Å². The summed E-state index contributed by atoms with van der Waals surface area (Å²) >= 11 is 1.59. The van der Waals surface area contributed by atoms with E-state index < -0.39 is 59.1 Å². The normalized spacial score (nSPS) is 20.7. The molecule has 7 amide bonds. The number of likely N-dealkylation sites (tertiary alicyclic amines) is 2. The molecule has 25 nitrogen and oxygen atoms in total. The predicted molar refractivity (Wildman–Crippen MR) is 351 cm³/mol. The minimum Gasteiger partial charge on any atom is -0.488 e. The van der Waals surface area contributed by atoms with Crippen LogP contribution in [0.1, 0.15) is 100 Å². The van der Waals surface area contributed by atoms with E-state index in [4.69, 9.17) is 31.2 Å². The number of fused-ring (bicyclic) bond motifs is 3. The first-order valence-corrected chi connectivity index (χ1v) is 33.2. The molecule has 93 heavy (non-hydrogen) atoms. The van der Waals surface area contributed by atoms with Crippen molar-refractivity contribution in [1.29, 1.82) is 0 Å². The topological polar surface area (TPSA) is 345 Å². The molecule has 4 fully saturated rings. The number of urea groups is 1. The molecule has 1 aliphatic carbocycles. The Balaban J connectivity index is 0.620. The number of aliphatic hydroxyl groups excluding tert-OH is 1. The number of piperazine rings is 1. The molecule has 1 saturated carbocycles. The van der Waals surface area contributed by atoms with E-state index in [1.807, 2.05) is 93.9 Å². The Kier molecular flexibility index (Phi) is 20.6. The lowest BCUT2D eigenvalue weighted by Gasteiger charge is -2.48. The number of amides is 7. The molecule has 11 rings (SSSR count). The van der Waals surface area contributed by atoms with E-state index in [0.29, 0.717) is 54.1 Å². The van der Waals surface area contributed by atoms with Gasteiger partial charge in [0.25, 0.3) is 5.88 Å². The lowest BCUT2D eigenvalue weighted by Crippen LogP contribution is -2.61. The molecule has 0 radical (unpaired) electrons. The van der Waals surface area contributed by atoms with Crippen molar-refractivity contribution in [1.82, 2.24) is 45.7 Å². The number of piperidine rings is 1. The van der Waals surface area contributed by atoms with Gasteiger partial charge in [0, 0.05) is 82.0 Å². The van der Waals surface area contributed by atoms with Crippen LogP contribution in [0.3, 0.4) is 0 Å². The SMILES string of the molecule is Cc1ncsc1-c1ccc([C@H](C)NC(=O)[C@@H]2C[C@@H](O)CN2C(=O)[C@@H](c2cc(OCCN3CCC(CN4CCN5c6cc(-c7ccccc7OCc7ccc(NC(=O)[C@@H](CCCNC(N)=O)C8CCC8(C(N)=O)C(N)=O)cc7)nnc6NC[C@H]5C4)CC3)no2)C(C)C)cc1. The number of β-amino-alcohol motifs (C(OH)–C–C–N with tert-alkyl or cyclic N) is 1. The molecular formula is C67H85N15O10S. The first-order valence-electron chi connectivity index (χ1n) is 32.3. The maximum Gasteiger partial charge on any atom is 0.312 e. The minimum atomic E-state index is -1.63. The van der Waals surface area contributed by atoms with Crippen LogP contribution >= 0.6 is 11.3 Å². The number of thiazole rings is 1. The van der Waals surface area contributed by atoms with E-state index in [1.54, 1.807) is 29.5 Å². The molecule has 0 bridgehead atoms. The molecule has 3 aromatic heterocycles. The third-order valence-corrected chi connectivity index (χ3v) is 20.4. The van der Waals surface area contributed by atoms with Gasteiger partial charge in [0.15, 0.2) is 11.6 Å². The molecule has 7 atom stereocenters. The second-order valence-corrected chi connectivity index (χ2v) is 26.6. The molecule has 494 valence electrons. The molecule has 1 unspecified atom stereocenters. The lowest BCUT2D eigenvalue weighted by molar-refractivity contribution is -0.157. The van der Waals surface area contributed by atoms with Crippen LogP contribution in [0.2, 0.25) is 0 Å². The summed E-state index contributed by atoms with van der Waals surface area (Å²) in [5, 5.41) is 36.4. The first-order chi connectivity index (χ1) is 44.8. The number of para-hydroxylation sites is 1. The number of primary amides is 3. The summed E-state index contributed by atoms with van der Waals surface area (Å²) in [6, 6.07) is 25.1. The van der Waals surface area contributed by atoms with Gasteiger partial charge in [0.2, 0.25) is 29.5 Å². The number of nitrogens with zero attached hydrogens (tertiary/aromatic N) is 8. The average Bonchev–Trinajstić information content (AvgIpc) is 1.27. The van der Waals surface area contributed by atoms with Crippen LogP contribution in [0, 0.1) is 36.0 Å². The zero-order valence-electron chi connectivity index (χ0n) is 53.1. The van der Waals surface area contributed by atoms with Crippen LogP contribution in [0.25, 0.3) is 21.7 Å². The number of aromatic nitrogens is 4. The number of aliphatic hydroxyl groups is 1. The Bertz CT molecular complexity index is 3620. The van der Waals surface area contributed by atoms with E-state index in [1.165, 1.54) is 4.90 Å². The molecular weight excluding hydrogens is 1210 g/mol. The van der Waals surface area contributed by atoms with Crippen molar-refractivity contribution >= 4 is 64.1 Å². The summed E-state index contributed by atoms with van der Waals surface area (Å²) in [5.41, 5.74) is 23.6. The zero-order valence-corrected chi connectivity index (χ0v) is 53.9. The number of aryl methyl sites for hydroxylation is 1. The van der Waals surface area contributed by atoms with Gasteiger partial charge in [-0.1, -0.05) is 62.4 Å². The smallest absolute Gasteiger partial charge is 0.312 e. The Morgan fingerprint density at radius 2 is 1.65 bits per heavy atom. The highest BCUT2D eigenvalue weighted by Gasteiger charge is 2.60. The van der Waals surface area contributed by atoms with Crippen LogP contribution in [0.15, 0.2) is 95.0 Å². The molecule has 3 aromatic carbocycles. The van der Waals surface area contributed by atoms with Gasteiger partial charge in [-0.3, -0.25) is 33.8 Å². The van der Waals surface area contributed by atoms with Crippen molar-refractivity contribution in [2.75, 3.05) is 87.6 Å². The number of rotatable bonds is 26. The third-order valence-electron chi connectivity index (χ3n) is 19.4. The van der Waals surface area contributed by atoms with E-state index in [9.17, 15) is 33.9 Å². The Morgan fingerprint density at radius 1 is 0.882 bits per heavy atom. The largest absolute Gasteiger partial charge is 0.488 e. The summed E-state index contributed by atoms with van der Waals surface area (Å²) in [6.45, 7) is 15.8. The number of anilines is 3. The number of hydrogen-bond acceptors (Lipinski definition) is 19. The molecule has 6 aromatic rings. The number of carbonyl (C=O) groups excluding carboxylic acids is 6. The summed E-state index contributed by atoms with van der Waals surface area (Å²) < 4.78 is 18.3. The van der Waals surface area contributed by atoms with E-state index in [-0.39, 0.29) is 68.8 Å². The average molecular weight is 1290 g/mol. The lowest BCUT2D eigenvalue weighted by atomic mass is 9.54. The van der Waals surface area contributed by atoms with Gasteiger partial charge in [-0.2, -0.15) is 0 Å². The number of nitrogens with one attached hydrogen (secondary N) is 4. The van der Waals surface area contributed by atoms with Crippen molar-refractivity contribution in [2.24, 2.45) is 46.3 Å². The number of ether oxygens (including phenoxy) is 2. The van der Waals surface area contributed by atoms with Crippen LogP contribution in [0.5, 0.6) is 11.6 Å². The van der Waals surface area contributed by atoms with Crippen molar-refractivity contribution in [3.63, 3.8) is 0 Å². The van der Waals surface area contributed by atoms with Crippen LogP contribution < -0.4 is 52.8 Å². The predicted octanol–water partition coefficient (Wildman–Crippen LogP) is 5.80. The summed E-state index contributed by atoms with van der Waals surface area (Å²) in [6.07, 6.45) is 2.67. The highest BCUT2D eigenvalue weighted by atomic mass is 32.1. The summed E-state index contributed by atoms with van der Waals surface area (Å²) in [4.78, 5) is 92.8. The third kappa shape index (κ3) is 14.9. The monoisotopic (exact) mass is 1290 g/mol. The fraction of sp³-hybridized carbons (Fsp3) is 0.493. The van der Waals surface area contributed by atoms with Crippen molar-refractivity contribution < 1.29 is 47.9 Å². The Labute approximate surface area is 544 Å². The Morgan fingerprint density at radius 3 is 2.34 bits per heavy atom. The second kappa shape index (κ2) is 29.1. The van der Waals surface area contributed by atoms with E-state index in [0.717, 1.165) is 110 Å². The second-order valence-electron chi connectivity index (χ2n) is 25.7. The van der Waals surface area contributed by atoms with Crippen molar-refractivity contribution in [3.05, 3.63) is 113 Å². The molecule has 7 heterocycles. The summed E-state index contributed by atoms with van der Waals surface area (Å²) in [7, 11) is 0. The van der Waals surface area contributed by atoms with Crippen LogP contribution in [-0.2, 0) is 30.6 Å². The maximum atomic E-state index is 14.3. The van der Waals surface area contributed by atoms with Crippen LogP contribution in [0.4, 0.5) is 22.0 Å². The number of benzene rings is 3.